The van der Waals surface area contributed by atoms with Gasteiger partial charge in [-0.3, -0.25) is 4.79 Å². The van der Waals surface area contributed by atoms with Gasteiger partial charge in [-0.1, -0.05) is 45.2 Å². The van der Waals surface area contributed by atoms with Crippen molar-refractivity contribution in [1.29, 1.82) is 0 Å². The second-order valence-electron chi connectivity index (χ2n) is 3.91. The van der Waals surface area contributed by atoms with Crippen LogP contribution >= 0.6 is 39.1 Å². The number of carbonyl (C=O) groups excluding carboxylic acids is 1. The summed E-state index contributed by atoms with van der Waals surface area (Å²) in [5.74, 6) is -0.101. The maximum absolute atomic E-state index is 12.4. The van der Waals surface area contributed by atoms with Crippen molar-refractivity contribution < 1.29 is 4.79 Å². The maximum atomic E-state index is 12.4. The largest absolute Gasteiger partial charge is 0.289 e. The molecule has 0 aliphatic carbocycles. The standard InChI is InChI=1S/C14H9BrCl2O/c1-8-2-3-9(15)6-12(8)14(18)11-5-4-10(16)7-13(11)17/h2-7H,1H3. The summed E-state index contributed by atoms with van der Waals surface area (Å²) < 4.78 is 0.863. The van der Waals surface area contributed by atoms with E-state index in [0.29, 0.717) is 21.2 Å². The molecule has 2 rings (SSSR count). The summed E-state index contributed by atoms with van der Waals surface area (Å²) in [6, 6.07) is 10.5. The first kappa shape index (κ1) is 13.6. The van der Waals surface area contributed by atoms with Gasteiger partial charge in [0, 0.05) is 20.6 Å². The van der Waals surface area contributed by atoms with Crippen molar-refractivity contribution in [3.8, 4) is 0 Å². The van der Waals surface area contributed by atoms with E-state index in [-0.39, 0.29) is 5.78 Å². The molecule has 1 nitrogen and oxygen atoms in total. The van der Waals surface area contributed by atoms with Crippen LogP contribution in [-0.4, -0.2) is 5.78 Å². The molecular weight excluding hydrogens is 335 g/mol. The number of aryl methyl sites for hydroxylation is 1. The van der Waals surface area contributed by atoms with Crippen LogP contribution in [0.15, 0.2) is 40.9 Å². The highest BCUT2D eigenvalue weighted by atomic mass is 79.9. The van der Waals surface area contributed by atoms with Gasteiger partial charge < -0.3 is 0 Å². The lowest BCUT2D eigenvalue weighted by molar-refractivity contribution is 0.103. The van der Waals surface area contributed by atoms with Gasteiger partial charge in [-0.2, -0.15) is 0 Å². The molecule has 0 aliphatic rings. The van der Waals surface area contributed by atoms with E-state index in [2.05, 4.69) is 15.9 Å². The predicted molar refractivity (Wildman–Crippen MR) is 78.8 cm³/mol. The number of halogens is 3. The van der Waals surface area contributed by atoms with Crippen molar-refractivity contribution >= 4 is 44.9 Å². The average Bonchev–Trinajstić information content (AvgIpc) is 2.31. The molecule has 0 saturated heterocycles. The van der Waals surface area contributed by atoms with Crippen molar-refractivity contribution in [3.63, 3.8) is 0 Å². The average molecular weight is 344 g/mol. The van der Waals surface area contributed by atoms with Crippen LogP contribution in [0.2, 0.25) is 10.0 Å². The highest BCUT2D eigenvalue weighted by Crippen LogP contribution is 2.25. The zero-order valence-corrected chi connectivity index (χ0v) is 12.6. The normalized spacial score (nSPS) is 10.4. The number of hydrogen-bond donors (Lipinski definition) is 0. The Bertz CT molecular complexity index is 623. The third-order valence-electron chi connectivity index (χ3n) is 2.62. The van der Waals surface area contributed by atoms with Crippen molar-refractivity contribution in [1.82, 2.24) is 0 Å². The molecule has 0 aliphatic heterocycles. The molecule has 0 spiro atoms. The summed E-state index contributed by atoms with van der Waals surface area (Å²) in [7, 11) is 0. The summed E-state index contributed by atoms with van der Waals surface area (Å²) in [5.41, 5.74) is 2.00. The highest BCUT2D eigenvalue weighted by molar-refractivity contribution is 9.10. The fourth-order valence-electron chi connectivity index (χ4n) is 1.66. The molecule has 0 fully saturated rings. The number of ketones is 1. The lowest BCUT2D eigenvalue weighted by atomic mass is 9.99. The molecule has 0 N–H and O–H groups in total. The van der Waals surface area contributed by atoms with Crippen molar-refractivity contribution in [2.75, 3.05) is 0 Å². The molecule has 0 aromatic heterocycles. The molecule has 92 valence electrons. The molecular formula is C14H9BrCl2O. The monoisotopic (exact) mass is 342 g/mol. The lowest BCUT2D eigenvalue weighted by Crippen LogP contribution is -2.04. The molecule has 2 aromatic rings. The number of rotatable bonds is 2. The molecule has 2 aromatic carbocycles. The van der Waals surface area contributed by atoms with Gasteiger partial charge in [-0.25, -0.2) is 0 Å². The minimum absolute atomic E-state index is 0.101. The van der Waals surface area contributed by atoms with Gasteiger partial charge >= 0.3 is 0 Å². The number of benzene rings is 2. The minimum Gasteiger partial charge on any atom is -0.289 e. The smallest absolute Gasteiger partial charge is 0.194 e. The summed E-state index contributed by atoms with van der Waals surface area (Å²) in [6.45, 7) is 1.89. The third kappa shape index (κ3) is 2.77. The SMILES string of the molecule is Cc1ccc(Br)cc1C(=O)c1ccc(Cl)cc1Cl. The van der Waals surface area contributed by atoms with Crippen LogP contribution < -0.4 is 0 Å². The topological polar surface area (TPSA) is 17.1 Å². The maximum Gasteiger partial charge on any atom is 0.194 e. The van der Waals surface area contributed by atoms with Gasteiger partial charge in [-0.05, 0) is 42.8 Å². The highest BCUT2D eigenvalue weighted by Gasteiger charge is 2.15. The third-order valence-corrected chi connectivity index (χ3v) is 3.66. The number of hydrogen-bond acceptors (Lipinski definition) is 1. The van der Waals surface area contributed by atoms with E-state index >= 15 is 0 Å². The Hall–Kier alpha value is -0.830. The Kier molecular flexibility index (Phi) is 4.10. The number of carbonyl (C=O) groups is 1. The zero-order valence-electron chi connectivity index (χ0n) is 9.51. The molecule has 0 bridgehead atoms. The Morgan fingerprint density at radius 3 is 2.44 bits per heavy atom. The second-order valence-corrected chi connectivity index (χ2v) is 5.67. The zero-order chi connectivity index (χ0) is 13.3. The first-order chi connectivity index (χ1) is 8.49. The predicted octanol–water partition coefficient (Wildman–Crippen LogP) is 5.30. The Balaban J connectivity index is 2.51. The molecule has 0 amide bonds. The summed E-state index contributed by atoms with van der Waals surface area (Å²) in [5, 5.41) is 0.884. The second kappa shape index (κ2) is 5.43. The molecule has 0 atom stereocenters. The molecule has 18 heavy (non-hydrogen) atoms. The molecule has 4 heteroatoms. The van der Waals surface area contributed by atoms with E-state index in [1.54, 1.807) is 24.3 Å². The summed E-state index contributed by atoms with van der Waals surface area (Å²) in [4.78, 5) is 12.4. The van der Waals surface area contributed by atoms with E-state index in [1.165, 1.54) is 0 Å². The first-order valence-electron chi connectivity index (χ1n) is 5.25. The van der Waals surface area contributed by atoms with Crippen LogP contribution in [-0.2, 0) is 0 Å². The van der Waals surface area contributed by atoms with E-state index < -0.39 is 0 Å². The Morgan fingerprint density at radius 1 is 1.06 bits per heavy atom. The van der Waals surface area contributed by atoms with Crippen molar-refractivity contribution in [3.05, 3.63) is 67.6 Å². The molecule has 0 heterocycles. The quantitative estimate of drug-likeness (QED) is 0.676. The van der Waals surface area contributed by atoms with Crippen LogP contribution in [0.25, 0.3) is 0 Å². The minimum atomic E-state index is -0.101. The van der Waals surface area contributed by atoms with Gasteiger partial charge in [0.05, 0.1) is 5.02 Å². The van der Waals surface area contributed by atoms with E-state index in [4.69, 9.17) is 23.2 Å². The van der Waals surface area contributed by atoms with Crippen LogP contribution in [0.3, 0.4) is 0 Å². The van der Waals surface area contributed by atoms with Crippen LogP contribution in [0, 0.1) is 6.92 Å². The van der Waals surface area contributed by atoms with Crippen molar-refractivity contribution in [2.24, 2.45) is 0 Å². The molecule has 0 radical (unpaired) electrons. The van der Waals surface area contributed by atoms with Gasteiger partial charge in [0.2, 0.25) is 0 Å². The first-order valence-corrected chi connectivity index (χ1v) is 6.80. The van der Waals surface area contributed by atoms with Crippen molar-refractivity contribution in [2.45, 2.75) is 6.92 Å². The van der Waals surface area contributed by atoms with E-state index in [9.17, 15) is 4.79 Å². The fraction of sp³-hybridized carbons (Fsp3) is 0.0714. The van der Waals surface area contributed by atoms with E-state index in [0.717, 1.165) is 10.0 Å². The molecule has 0 saturated carbocycles. The van der Waals surface area contributed by atoms with Gasteiger partial charge in [-0.15, -0.1) is 0 Å². The van der Waals surface area contributed by atoms with Crippen LogP contribution in [0.5, 0.6) is 0 Å². The summed E-state index contributed by atoms with van der Waals surface area (Å²) >= 11 is 15.2. The summed E-state index contributed by atoms with van der Waals surface area (Å²) in [6.07, 6.45) is 0. The van der Waals surface area contributed by atoms with E-state index in [1.807, 2.05) is 19.1 Å². The fourth-order valence-corrected chi connectivity index (χ4v) is 2.51. The molecule has 0 unspecified atom stereocenters. The van der Waals surface area contributed by atoms with Gasteiger partial charge in [0.25, 0.3) is 0 Å². The lowest BCUT2D eigenvalue weighted by Gasteiger charge is -2.07. The van der Waals surface area contributed by atoms with Crippen LogP contribution in [0.4, 0.5) is 0 Å². The van der Waals surface area contributed by atoms with Gasteiger partial charge in [0.15, 0.2) is 5.78 Å². The Morgan fingerprint density at radius 2 is 1.78 bits per heavy atom. The van der Waals surface area contributed by atoms with Crippen LogP contribution in [0.1, 0.15) is 21.5 Å². The Labute approximate surface area is 124 Å². The van der Waals surface area contributed by atoms with Gasteiger partial charge in [0.1, 0.15) is 0 Å².